The van der Waals surface area contributed by atoms with E-state index in [4.69, 9.17) is 0 Å². The topological polar surface area (TPSA) is 23.6 Å². The molecule has 1 amide bonds. The van der Waals surface area contributed by atoms with Gasteiger partial charge in [-0.2, -0.15) is 0 Å². The molecule has 1 saturated heterocycles. The largest absolute Gasteiger partial charge is 0.369 e. The number of amides is 1. The standard InChI is InChI=1S/C13H24N2O/c1-6-14(5)12(10(2)3)13(16)15-9-7-8-11(15)4/h6,10-12H,1,7-9H2,2-5H3. The van der Waals surface area contributed by atoms with Crippen molar-refractivity contribution in [3.8, 4) is 0 Å². The van der Waals surface area contributed by atoms with Gasteiger partial charge in [0.1, 0.15) is 6.04 Å². The van der Waals surface area contributed by atoms with E-state index >= 15 is 0 Å². The summed E-state index contributed by atoms with van der Waals surface area (Å²) in [5.74, 6) is 0.561. The molecule has 0 radical (unpaired) electrons. The minimum absolute atomic E-state index is 0.0713. The first-order valence-corrected chi connectivity index (χ1v) is 6.14. The number of hydrogen-bond donors (Lipinski definition) is 0. The van der Waals surface area contributed by atoms with E-state index in [2.05, 4.69) is 27.4 Å². The van der Waals surface area contributed by atoms with Crippen molar-refractivity contribution in [3.05, 3.63) is 12.8 Å². The molecule has 1 heterocycles. The molecule has 0 spiro atoms. The number of nitrogens with zero attached hydrogens (tertiary/aromatic N) is 2. The molecule has 0 aromatic rings. The van der Waals surface area contributed by atoms with Crippen molar-refractivity contribution in [2.75, 3.05) is 13.6 Å². The maximum absolute atomic E-state index is 12.4. The van der Waals surface area contributed by atoms with Crippen LogP contribution in [-0.2, 0) is 4.79 Å². The molecule has 1 fully saturated rings. The summed E-state index contributed by atoms with van der Waals surface area (Å²) in [5, 5.41) is 0. The zero-order valence-corrected chi connectivity index (χ0v) is 10.9. The number of rotatable bonds is 4. The van der Waals surface area contributed by atoms with Gasteiger partial charge in [0, 0.05) is 19.6 Å². The molecule has 1 rings (SSSR count). The van der Waals surface area contributed by atoms with Gasteiger partial charge in [0.25, 0.3) is 0 Å². The van der Waals surface area contributed by atoms with Gasteiger partial charge >= 0.3 is 0 Å². The van der Waals surface area contributed by atoms with Crippen molar-refractivity contribution in [1.29, 1.82) is 0 Å². The summed E-state index contributed by atoms with van der Waals surface area (Å²) in [7, 11) is 1.93. The molecule has 0 bridgehead atoms. The summed E-state index contributed by atoms with van der Waals surface area (Å²) in [6.07, 6.45) is 4.01. The van der Waals surface area contributed by atoms with Crippen LogP contribution in [0.3, 0.4) is 0 Å². The highest BCUT2D eigenvalue weighted by atomic mass is 16.2. The van der Waals surface area contributed by atoms with Gasteiger partial charge in [0.05, 0.1) is 0 Å². The third kappa shape index (κ3) is 2.57. The van der Waals surface area contributed by atoms with Crippen molar-refractivity contribution in [2.45, 2.75) is 45.7 Å². The molecule has 1 aliphatic rings. The number of likely N-dealkylation sites (N-methyl/N-ethyl adjacent to an activating group) is 1. The van der Waals surface area contributed by atoms with Crippen LogP contribution in [-0.4, -0.2) is 41.4 Å². The number of likely N-dealkylation sites (tertiary alicyclic amines) is 1. The molecular formula is C13H24N2O. The minimum atomic E-state index is -0.0713. The normalized spacial score (nSPS) is 22.3. The summed E-state index contributed by atoms with van der Waals surface area (Å²) in [5.41, 5.74) is 0. The first-order chi connectivity index (χ1) is 7.49. The lowest BCUT2D eigenvalue weighted by molar-refractivity contribution is -0.137. The van der Waals surface area contributed by atoms with E-state index < -0.39 is 0 Å². The van der Waals surface area contributed by atoms with Crippen LogP contribution < -0.4 is 0 Å². The van der Waals surface area contributed by atoms with E-state index in [0.717, 1.165) is 19.4 Å². The number of carbonyl (C=O) groups excluding carboxylic acids is 1. The Hall–Kier alpha value is -0.990. The lowest BCUT2D eigenvalue weighted by atomic mass is 10.0. The number of carbonyl (C=O) groups is 1. The zero-order chi connectivity index (χ0) is 12.3. The lowest BCUT2D eigenvalue weighted by Gasteiger charge is -2.34. The third-order valence-electron chi connectivity index (χ3n) is 3.45. The van der Waals surface area contributed by atoms with Gasteiger partial charge < -0.3 is 9.80 Å². The number of hydrogen-bond acceptors (Lipinski definition) is 2. The molecule has 3 nitrogen and oxygen atoms in total. The summed E-state index contributed by atoms with van der Waals surface area (Å²) >= 11 is 0. The van der Waals surface area contributed by atoms with Gasteiger partial charge in [-0.15, -0.1) is 0 Å². The van der Waals surface area contributed by atoms with Crippen LogP contribution >= 0.6 is 0 Å². The van der Waals surface area contributed by atoms with Crippen LogP contribution in [0, 0.1) is 5.92 Å². The van der Waals surface area contributed by atoms with Gasteiger partial charge in [-0.1, -0.05) is 20.4 Å². The molecule has 0 aromatic carbocycles. The third-order valence-corrected chi connectivity index (χ3v) is 3.45. The summed E-state index contributed by atoms with van der Waals surface area (Å²) in [6, 6.07) is 0.324. The highest BCUT2D eigenvalue weighted by Crippen LogP contribution is 2.21. The maximum Gasteiger partial charge on any atom is 0.245 e. The smallest absolute Gasteiger partial charge is 0.245 e. The second-order valence-electron chi connectivity index (χ2n) is 5.06. The molecule has 0 saturated carbocycles. The Balaban J connectivity index is 2.78. The van der Waals surface area contributed by atoms with E-state index in [1.165, 1.54) is 0 Å². The quantitative estimate of drug-likeness (QED) is 0.730. The monoisotopic (exact) mass is 224 g/mol. The van der Waals surface area contributed by atoms with Gasteiger partial charge in [0.2, 0.25) is 5.91 Å². The Labute approximate surface area is 99.1 Å². The molecule has 2 atom stereocenters. The van der Waals surface area contributed by atoms with Gasteiger partial charge in [0.15, 0.2) is 0 Å². The van der Waals surface area contributed by atoms with Crippen molar-refractivity contribution in [1.82, 2.24) is 9.80 Å². The second-order valence-corrected chi connectivity index (χ2v) is 5.06. The van der Waals surface area contributed by atoms with E-state index in [1.807, 2.05) is 16.8 Å². The fraction of sp³-hybridized carbons (Fsp3) is 0.769. The van der Waals surface area contributed by atoms with E-state index in [-0.39, 0.29) is 11.9 Å². The first kappa shape index (κ1) is 13.1. The average molecular weight is 224 g/mol. The van der Waals surface area contributed by atoms with Gasteiger partial charge in [-0.3, -0.25) is 4.79 Å². The Morgan fingerprint density at radius 1 is 1.56 bits per heavy atom. The van der Waals surface area contributed by atoms with E-state index in [0.29, 0.717) is 12.0 Å². The predicted octanol–water partition coefficient (Wildman–Crippen LogP) is 2.10. The SMILES string of the molecule is C=CN(C)C(C(=O)N1CCCC1C)C(C)C. The van der Waals surface area contributed by atoms with Crippen LogP contribution in [0.5, 0.6) is 0 Å². The van der Waals surface area contributed by atoms with E-state index in [9.17, 15) is 4.79 Å². The maximum atomic E-state index is 12.4. The van der Waals surface area contributed by atoms with Crippen molar-refractivity contribution < 1.29 is 4.79 Å². The van der Waals surface area contributed by atoms with Crippen LogP contribution in [0.15, 0.2) is 12.8 Å². The average Bonchev–Trinajstić information content (AvgIpc) is 2.63. The Kier molecular flexibility index (Phi) is 4.39. The fourth-order valence-corrected chi connectivity index (χ4v) is 2.47. The molecule has 16 heavy (non-hydrogen) atoms. The summed E-state index contributed by atoms with van der Waals surface area (Å²) < 4.78 is 0. The predicted molar refractivity (Wildman–Crippen MR) is 67.0 cm³/mol. The minimum Gasteiger partial charge on any atom is -0.369 e. The zero-order valence-electron chi connectivity index (χ0n) is 10.9. The fourth-order valence-electron chi connectivity index (χ4n) is 2.47. The van der Waals surface area contributed by atoms with Crippen LogP contribution in [0.2, 0.25) is 0 Å². The molecule has 0 N–H and O–H groups in total. The van der Waals surface area contributed by atoms with Crippen LogP contribution in [0.25, 0.3) is 0 Å². The Bertz CT molecular complexity index is 263. The lowest BCUT2D eigenvalue weighted by Crippen LogP contribution is -2.49. The van der Waals surface area contributed by atoms with Gasteiger partial charge in [-0.05, 0) is 31.9 Å². The highest BCUT2D eigenvalue weighted by Gasteiger charge is 2.33. The molecule has 3 heteroatoms. The van der Waals surface area contributed by atoms with E-state index in [1.54, 1.807) is 6.20 Å². The van der Waals surface area contributed by atoms with Crippen LogP contribution in [0.4, 0.5) is 0 Å². The van der Waals surface area contributed by atoms with Crippen LogP contribution in [0.1, 0.15) is 33.6 Å². The Morgan fingerprint density at radius 3 is 2.56 bits per heavy atom. The molecule has 0 aliphatic carbocycles. The summed E-state index contributed by atoms with van der Waals surface area (Å²) in [6.45, 7) is 11.0. The van der Waals surface area contributed by atoms with Gasteiger partial charge in [-0.25, -0.2) is 0 Å². The Morgan fingerprint density at radius 2 is 2.19 bits per heavy atom. The molecule has 1 aliphatic heterocycles. The van der Waals surface area contributed by atoms with Crippen molar-refractivity contribution >= 4 is 5.91 Å². The summed E-state index contributed by atoms with van der Waals surface area (Å²) in [4.78, 5) is 16.4. The van der Waals surface area contributed by atoms with Crippen molar-refractivity contribution in [2.24, 2.45) is 5.92 Å². The molecule has 2 unspecified atom stereocenters. The molecule has 0 aromatic heterocycles. The highest BCUT2D eigenvalue weighted by molar-refractivity contribution is 5.82. The van der Waals surface area contributed by atoms with Crippen molar-refractivity contribution in [3.63, 3.8) is 0 Å². The molecular weight excluding hydrogens is 200 g/mol. The molecule has 92 valence electrons. The second kappa shape index (κ2) is 5.37. The first-order valence-electron chi connectivity index (χ1n) is 6.14.